The zero-order valence-electron chi connectivity index (χ0n) is 17.9. The molecule has 1 aliphatic carbocycles. The number of piperazine rings is 1. The van der Waals surface area contributed by atoms with Gasteiger partial charge >= 0.3 is 0 Å². The van der Waals surface area contributed by atoms with Gasteiger partial charge in [-0.05, 0) is 42.5 Å². The third-order valence-corrected chi connectivity index (χ3v) is 6.89. The maximum atomic E-state index is 13.5. The number of benzene rings is 2. The lowest BCUT2D eigenvalue weighted by Crippen LogP contribution is -2.53. The van der Waals surface area contributed by atoms with Crippen LogP contribution in [0.25, 0.3) is 0 Å². The summed E-state index contributed by atoms with van der Waals surface area (Å²) < 4.78 is 15.5. The van der Waals surface area contributed by atoms with E-state index in [9.17, 15) is 4.39 Å². The van der Waals surface area contributed by atoms with Crippen molar-refractivity contribution in [3.63, 3.8) is 0 Å². The van der Waals surface area contributed by atoms with Gasteiger partial charge < -0.3 is 0 Å². The van der Waals surface area contributed by atoms with Gasteiger partial charge in [-0.15, -0.1) is 5.10 Å². The quantitative estimate of drug-likeness (QED) is 0.582. The van der Waals surface area contributed by atoms with Crippen LogP contribution in [0.5, 0.6) is 0 Å². The van der Waals surface area contributed by atoms with Crippen LogP contribution in [0.15, 0.2) is 60.8 Å². The summed E-state index contributed by atoms with van der Waals surface area (Å²) in [6.07, 6.45) is 6.82. The summed E-state index contributed by atoms with van der Waals surface area (Å²) in [6, 6.07) is 18.3. The van der Waals surface area contributed by atoms with E-state index in [0.29, 0.717) is 6.54 Å². The average Bonchev–Trinajstić information content (AvgIpc) is 3.21. The Morgan fingerprint density at radius 3 is 2.32 bits per heavy atom. The zero-order chi connectivity index (χ0) is 21.0. The largest absolute Gasteiger partial charge is 0.298 e. The van der Waals surface area contributed by atoms with E-state index < -0.39 is 0 Å². The zero-order valence-corrected chi connectivity index (χ0v) is 17.9. The first-order valence-electron chi connectivity index (χ1n) is 11.4. The molecule has 5 nitrogen and oxygen atoms in total. The highest BCUT2D eigenvalue weighted by molar-refractivity contribution is 5.21. The molecule has 6 heteroatoms. The van der Waals surface area contributed by atoms with Crippen molar-refractivity contribution >= 4 is 0 Å². The van der Waals surface area contributed by atoms with E-state index in [4.69, 9.17) is 0 Å². The average molecular weight is 420 g/mol. The van der Waals surface area contributed by atoms with Crippen molar-refractivity contribution in [1.29, 1.82) is 0 Å². The number of nitrogens with zero attached hydrogens (tertiary/aromatic N) is 5. The first-order valence-corrected chi connectivity index (χ1v) is 11.4. The third-order valence-electron chi connectivity index (χ3n) is 6.89. The molecule has 2 heterocycles. The molecular weight excluding hydrogens is 389 g/mol. The molecule has 1 aliphatic heterocycles. The Bertz CT molecular complexity index is 959. The molecule has 3 aromatic rings. The molecule has 0 amide bonds. The Hall–Kier alpha value is -2.57. The predicted octanol–water partition coefficient (Wildman–Crippen LogP) is 3.92. The summed E-state index contributed by atoms with van der Waals surface area (Å²) in [7, 11) is 0. The molecule has 0 spiro atoms. The molecule has 1 saturated heterocycles. The first kappa shape index (κ1) is 20.3. The smallest absolute Gasteiger partial charge is 0.123 e. The van der Waals surface area contributed by atoms with Gasteiger partial charge in [-0.2, -0.15) is 0 Å². The molecule has 1 unspecified atom stereocenters. The Labute approximate surface area is 183 Å². The number of hydrogen-bond donors (Lipinski definition) is 0. The van der Waals surface area contributed by atoms with Crippen molar-refractivity contribution in [2.24, 2.45) is 0 Å². The lowest BCUT2D eigenvalue weighted by Gasteiger charge is -2.45. The summed E-state index contributed by atoms with van der Waals surface area (Å²) in [5.74, 6) is -0.190. The van der Waals surface area contributed by atoms with Crippen LogP contribution in [0, 0.1) is 5.82 Å². The second-order valence-electron chi connectivity index (χ2n) is 8.81. The fourth-order valence-electron chi connectivity index (χ4n) is 4.83. The second kappa shape index (κ2) is 9.28. The van der Waals surface area contributed by atoms with E-state index in [1.54, 1.807) is 12.1 Å². The molecule has 2 fully saturated rings. The van der Waals surface area contributed by atoms with E-state index in [1.165, 1.54) is 24.8 Å². The molecule has 0 radical (unpaired) electrons. The predicted molar refractivity (Wildman–Crippen MR) is 119 cm³/mol. The monoisotopic (exact) mass is 419 g/mol. The maximum absolute atomic E-state index is 13.5. The molecule has 31 heavy (non-hydrogen) atoms. The van der Waals surface area contributed by atoms with Crippen LogP contribution in [0.2, 0.25) is 0 Å². The van der Waals surface area contributed by atoms with Gasteiger partial charge in [-0.25, -0.2) is 9.07 Å². The molecule has 2 aromatic carbocycles. The normalized spacial score (nSPS) is 19.3. The lowest BCUT2D eigenvalue weighted by molar-refractivity contribution is 0.0405. The minimum Gasteiger partial charge on any atom is -0.298 e. The summed E-state index contributed by atoms with van der Waals surface area (Å²) >= 11 is 0. The minimum absolute atomic E-state index is 0.174. The molecule has 1 aromatic heterocycles. The van der Waals surface area contributed by atoms with Gasteiger partial charge in [0.15, 0.2) is 0 Å². The molecule has 1 atom stereocenters. The Balaban J connectivity index is 1.38. The maximum Gasteiger partial charge on any atom is 0.123 e. The minimum atomic E-state index is -0.190. The number of hydrogen-bond acceptors (Lipinski definition) is 4. The summed E-state index contributed by atoms with van der Waals surface area (Å²) in [5, 5.41) is 8.69. The van der Waals surface area contributed by atoms with Crippen molar-refractivity contribution < 1.29 is 4.39 Å². The fraction of sp³-hybridized carbons (Fsp3) is 0.440. The van der Waals surface area contributed by atoms with E-state index in [1.807, 2.05) is 29.1 Å². The standard InChI is InChI=1S/C25H30FN5/c26-22-11-9-20(10-12-22)17-24(30-15-13-29(14-16-30)23-7-4-8-23)25-18-27-28-31(25)19-21-5-2-1-3-6-21/h1-3,5-6,9-12,18,23-24H,4,7-8,13-17,19H2. The van der Waals surface area contributed by atoms with Gasteiger partial charge in [0.2, 0.25) is 0 Å². The summed E-state index contributed by atoms with van der Waals surface area (Å²) in [6.45, 7) is 5.02. The van der Waals surface area contributed by atoms with E-state index in [-0.39, 0.29) is 11.9 Å². The molecule has 162 valence electrons. The highest BCUT2D eigenvalue weighted by Crippen LogP contribution is 2.30. The van der Waals surface area contributed by atoms with Crippen molar-refractivity contribution in [3.8, 4) is 0 Å². The van der Waals surface area contributed by atoms with Crippen LogP contribution >= 0.6 is 0 Å². The van der Waals surface area contributed by atoms with Gasteiger partial charge in [0.05, 0.1) is 24.5 Å². The van der Waals surface area contributed by atoms with Crippen molar-refractivity contribution in [2.45, 2.75) is 44.3 Å². The van der Waals surface area contributed by atoms with Crippen LogP contribution in [-0.4, -0.2) is 57.0 Å². The van der Waals surface area contributed by atoms with Crippen LogP contribution in [0.1, 0.15) is 42.1 Å². The molecule has 0 N–H and O–H groups in total. The molecular formula is C25H30FN5. The van der Waals surface area contributed by atoms with Gasteiger partial charge in [0.25, 0.3) is 0 Å². The molecule has 2 aliphatic rings. The fourth-order valence-corrected chi connectivity index (χ4v) is 4.83. The lowest BCUT2D eigenvalue weighted by atomic mass is 9.91. The van der Waals surface area contributed by atoms with Crippen LogP contribution in [0.4, 0.5) is 4.39 Å². The Morgan fingerprint density at radius 2 is 1.65 bits per heavy atom. The van der Waals surface area contributed by atoms with E-state index >= 15 is 0 Å². The van der Waals surface area contributed by atoms with Crippen LogP contribution in [-0.2, 0) is 13.0 Å². The highest BCUT2D eigenvalue weighted by atomic mass is 19.1. The number of halogens is 1. The molecule has 0 bridgehead atoms. The Morgan fingerprint density at radius 1 is 0.903 bits per heavy atom. The van der Waals surface area contributed by atoms with Gasteiger partial charge in [0, 0.05) is 32.2 Å². The third kappa shape index (κ3) is 4.70. The highest BCUT2D eigenvalue weighted by Gasteiger charge is 2.32. The van der Waals surface area contributed by atoms with Gasteiger partial charge in [0.1, 0.15) is 5.82 Å². The van der Waals surface area contributed by atoms with E-state index in [0.717, 1.165) is 49.9 Å². The molecule has 5 rings (SSSR count). The Kier molecular flexibility index (Phi) is 6.09. The number of aromatic nitrogens is 3. The summed E-state index contributed by atoms with van der Waals surface area (Å²) in [4.78, 5) is 5.23. The van der Waals surface area contributed by atoms with Crippen molar-refractivity contribution in [1.82, 2.24) is 24.8 Å². The van der Waals surface area contributed by atoms with Crippen LogP contribution < -0.4 is 0 Å². The van der Waals surface area contributed by atoms with Crippen molar-refractivity contribution in [2.75, 3.05) is 26.2 Å². The van der Waals surface area contributed by atoms with Crippen molar-refractivity contribution in [3.05, 3.63) is 83.4 Å². The number of rotatable bonds is 7. The van der Waals surface area contributed by atoms with Gasteiger partial charge in [-0.1, -0.05) is 54.1 Å². The topological polar surface area (TPSA) is 37.2 Å². The van der Waals surface area contributed by atoms with Gasteiger partial charge in [-0.3, -0.25) is 9.80 Å². The summed E-state index contributed by atoms with van der Waals surface area (Å²) in [5.41, 5.74) is 3.48. The second-order valence-corrected chi connectivity index (χ2v) is 8.81. The SMILES string of the molecule is Fc1ccc(CC(c2cnnn2Cc2ccccc2)N2CCN(C3CCC3)CC2)cc1. The molecule has 1 saturated carbocycles. The van der Waals surface area contributed by atoms with E-state index in [2.05, 4.69) is 44.4 Å². The first-order chi connectivity index (χ1) is 15.3. The van der Waals surface area contributed by atoms with Crippen LogP contribution in [0.3, 0.4) is 0 Å².